The molecule has 0 aliphatic rings. The molecular formula is C22H18Cl2O4S. The van der Waals surface area contributed by atoms with Gasteiger partial charge in [-0.15, -0.1) is 0 Å². The number of carbonyl (C=O) groups is 1. The number of phenols is 1. The van der Waals surface area contributed by atoms with Crippen molar-refractivity contribution >= 4 is 40.9 Å². The summed E-state index contributed by atoms with van der Waals surface area (Å²) < 4.78 is 10.2. The van der Waals surface area contributed by atoms with Gasteiger partial charge in [-0.05, 0) is 66.6 Å². The fraction of sp³-hybridized carbons (Fsp3) is 0.136. The largest absolute Gasteiger partial charge is 0.508 e. The van der Waals surface area contributed by atoms with E-state index in [1.807, 2.05) is 36.4 Å². The van der Waals surface area contributed by atoms with E-state index in [1.54, 1.807) is 31.2 Å². The maximum atomic E-state index is 11.4. The Balaban J connectivity index is 1.75. The van der Waals surface area contributed by atoms with E-state index in [4.69, 9.17) is 32.7 Å². The Morgan fingerprint density at radius 3 is 2.41 bits per heavy atom. The zero-order valence-electron chi connectivity index (χ0n) is 15.5. The molecule has 3 aromatic rings. The van der Waals surface area contributed by atoms with Gasteiger partial charge in [0.15, 0.2) is 6.61 Å². The molecule has 29 heavy (non-hydrogen) atoms. The number of aromatic hydroxyl groups is 1. The van der Waals surface area contributed by atoms with Gasteiger partial charge in [-0.2, -0.15) is 0 Å². The Hall–Kier alpha value is -2.34. The first-order valence-electron chi connectivity index (χ1n) is 8.80. The van der Waals surface area contributed by atoms with E-state index in [0.717, 1.165) is 20.9 Å². The van der Waals surface area contributed by atoms with Crippen molar-refractivity contribution in [1.82, 2.24) is 0 Å². The average molecular weight is 449 g/mol. The maximum Gasteiger partial charge on any atom is 0.344 e. The SMILES string of the molecule is CCOC(=O)COc1ccc(Sc2cc(O)cc(-c3ccc(Cl)cc3)c2)cc1Cl. The van der Waals surface area contributed by atoms with Crippen molar-refractivity contribution < 1.29 is 19.4 Å². The summed E-state index contributed by atoms with van der Waals surface area (Å²) in [6, 6.07) is 18.1. The third kappa shape index (κ3) is 6.07. The Bertz CT molecular complexity index is 1010. The summed E-state index contributed by atoms with van der Waals surface area (Å²) in [5.74, 6) is 0.124. The van der Waals surface area contributed by atoms with Crippen LogP contribution in [0.1, 0.15) is 6.92 Å². The van der Waals surface area contributed by atoms with Crippen molar-refractivity contribution in [1.29, 1.82) is 0 Å². The number of halogens is 2. The van der Waals surface area contributed by atoms with E-state index in [-0.39, 0.29) is 12.4 Å². The number of benzene rings is 3. The molecule has 0 saturated heterocycles. The second kappa shape index (κ2) is 9.92. The van der Waals surface area contributed by atoms with E-state index < -0.39 is 5.97 Å². The topological polar surface area (TPSA) is 55.8 Å². The minimum atomic E-state index is -0.448. The first kappa shape index (κ1) is 21.4. The molecule has 0 aliphatic heterocycles. The first-order chi connectivity index (χ1) is 13.9. The second-order valence-electron chi connectivity index (χ2n) is 6.01. The number of hydrogen-bond donors (Lipinski definition) is 1. The molecule has 0 fully saturated rings. The van der Waals surface area contributed by atoms with Crippen LogP contribution in [-0.2, 0) is 9.53 Å². The van der Waals surface area contributed by atoms with Gasteiger partial charge in [0.25, 0.3) is 0 Å². The van der Waals surface area contributed by atoms with E-state index in [0.29, 0.717) is 22.4 Å². The summed E-state index contributed by atoms with van der Waals surface area (Å²) in [5.41, 5.74) is 1.83. The van der Waals surface area contributed by atoms with Crippen LogP contribution < -0.4 is 4.74 Å². The Labute approximate surface area is 183 Å². The highest BCUT2D eigenvalue weighted by atomic mass is 35.5. The van der Waals surface area contributed by atoms with Gasteiger partial charge >= 0.3 is 5.97 Å². The van der Waals surface area contributed by atoms with Crippen LogP contribution >= 0.6 is 35.0 Å². The molecule has 0 heterocycles. The number of esters is 1. The molecule has 0 spiro atoms. The normalized spacial score (nSPS) is 10.6. The highest BCUT2D eigenvalue weighted by molar-refractivity contribution is 7.99. The monoisotopic (exact) mass is 448 g/mol. The summed E-state index contributed by atoms with van der Waals surface area (Å²) in [6.45, 7) is 1.83. The van der Waals surface area contributed by atoms with Crippen molar-refractivity contribution in [2.24, 2.45) is 0 Å². The molecule has 150 valence electrons. The Kier molecular flexibility index (Phi) is 7.31. The zero-order chi connectivity index (χ0) is 20.8. The average Bonchev–Trinajstić information content (AvgIpc) is 2.67. The number of phenolic OH excluding ortho intramolecular Hbond substituents is 1. The molecule has 4 nitrogen and oxygen atoms in total. The number of rotatable bonds is 7. The van der Waals surface area contributed by atoms with Gasteiger partial charge in [0.2, 0.25) is 0 Å². The molecule has 0 radical (unpaired) electrons. The van der Waals surface area contributed by atoms with Crippen molar-refractivity contribution in [2.45, 2.75) is 16.7 Å². The lowest BCUT2D eigenvalue weighted by Crippen LogP contribution is -2.14. The first-order valence-corrected chi connectivity index (χ1v) is 10.4. The van der Waals surface area contributed by atoms with Crippen molar-refractivity contribution in [3.05, 3.63) is 70.7 Å². The molecule has 0 saturated carbocycles. The van der Waals surface area contributed by atoms with Crippen LogP contribution in [-0.4, -0.2) is 24.3 Å². The minimum Gasteiger partial charge on any atom is -0.508 e. The van der Waals surface area contributed by atoms with Crippen LogP contribution in [0.5, 0.6) is 11.5 Å². The highest BCUT2D eigenvalue weighted by Crippen LogP contribution is 2.37. The lowest BCUT2D eigenvalue weighted by Gasteiger charge is -2.10. The van der Waals surface area contributed by atoms with Crippen LogP contribution in [0.25, 0.3) is 11.1 Å². The molecule has 0 aliphatic carbocycles. The lowest BCUT2D eigenvalue weighted by molar-refractivity contribution is -0.145. The van der Waals surface area contributed by atoms with Gasteiger partial charge in [0.05, 0.1) is 11.6 Å². The summed E-state index contributed by atoms with van der Waals surface area (Å²) in [4.78, 5) is 13.1. The standard InChI is InChI=1S/C22H18Cl2O4S/c1-2-27-22(26)13-28-21-8-7-18(12-20(21)24)29-19-10-15(9-17(25)11-19)14-3-5-16(23)6-4-14/h3-12,25H,2,13H2,1H3. The Morgan fingerprint density at radius 1 is 0.966 bits per heavy atom. The third-order valence-electron chi connectivity index (χ3n) is 3.86. The fourth-order valence-corrected chi connectivity index (χ4v) is 3.97. The zero-order valence-corrected chi connectivity index (χ0v) is 17.9. The van der Waals surface area contributed by atoms with Crippen LogP contribution in [0.3, 0.4) is 0 Å². The van der Waals surface area contributed by atoms with E-state index in [9.17, 15) is 9.90 Å². The molecule has 7 heteroatoms. The predicted molar refractivity (Wildman–Crippen MR) is 116 cm³/mol. The molecule has 1 N–H and O–H groups in total. The van der Waals surface area contributed by atoms with Gasteiger partial charge in [0, 0.05) is 14.8 Å². The molecule has 0 bridgehead atoms. The van der Waals surface area contributed by atoms with E-state index >= 15 is 0 Å². The quantitative estimate of drug-likeness (QED) is 0.420. The third-order valence-corrected chi connectivity index (χ3v) is 5.37. The van der Waals surface area contributed by atoms with Crippen molar-refractivity contribution in [3.8, 4) is 22.6 Å². The van der Waals surface area contributed by atoms with Gasteiger partial charge in [-0.25, -0.2) is 4.79 Å². The Morgan fingerprint density at radius 2 is 1.72 bits per heavy atom. The molecule has 0 unspecified atom stereocenters. The van der Waals surface area contributed by atoms with Crippen LogP contribution in [0.4, 0.5) is 0 Å². The van der Waals surface area contributed by atoms with Crippen molar-refractivity contribution in [3.63, 3.8) is 0 Å². The molecule has 3 rings (SSSR count). The fourth-order valence-electron chi connectivity index (χ4n) is 2.59. The summed E-state index contributed by atoms with van der Waals surface area (Å²) in [5, 5.41) is 11.2. The summed E-state index contributed by atoms with van der Waals surface area (Å²) >= 11 is 13.7. The molecular weight excluding hydrogens is 431 g/mol. The molecule has 0 atom stereocenters. The van der Waals surface area contributed by atoms with Gasteiger partial charge in [-0.3, -0.25) is 0 Å². The van der Waals surface area contributed by atoms with Gasteiger partial charge in [-0.1, -0.05) is 47.1 Å². The smallest absolute Gasteiger partial charge is 0.344 e. The van der Waals surface area contributed by atoms with E-state index in [2.05, 4.69) is 0 Å². The van der Waals surface area contributed by atoms with Crippen LogP contribution in [0.2, 0.25) is 10.0 Å². The lowest BCUT2D eigenvalue weighted by atomic mass is 10.1. The molecule has 3 aromatic carbocycles. The minimum absolute atomic E-state index is 0.167. The van der Waals surface area contributed by atoms with Crippen molar-refractivity contribution in [2.75, 3.05) is 13.2 Å². The van der Waals surface area contributed by atoms with Gasteiger partial charge < -0.3 is 14.6 Å². The number of ether oxygens (including phenoxy) is 2. The predicted octanol–water partition coefficient (Wildman–Crippen LogP) is 6.46. The molecule has 0 amide bonds. The summed E-state index contributed by atoms with van der Waals surface area (Å²) in [6.07, 6.45) is 0. The number of carbonyl (C=O) groups excluding carboxylic acids is 1. The maximum absolute atomic E-state index is 11.4. The summed E-state index contributed by atoms with van der Waals surface area (Å²) in [7, 11) is 0. The second-order valence-corrected chi connectivity index (χ2v) is 8.00. The van der Waals surface area contributed by atoms with Crippen LogP contribution in [0, 0.1) is 0 Å². The molecule has 0 aromatic heterocycles. The van der Waals surface area contributed by atoms with Gasteiger partial charge in [0.1, 0.15) is 11.5 Å². The van der Waals surface area contributed by atoms with E-state index in [1.165, 1.54) is 11.8 Å². The van der Waals surface area contributed by atoms with Crippen LogP contribution in [0.15, 0.2) is 70.5 Å². The number of hydrogen-bond acceptors (Lipinski definition) is 5. The highest BCUT2D eigenvalue weighted by Gasteiger charge is 2.10.